The minimum atomic E-state index is -1.08. The van der Waals surface area contributed by atoms with Crippen molar-refractivity contribution in [1.82, 2.24) is 9.80 Å². The molecule has 0 bridgehead atoms. The normalized spacial score (nSPS) is 18.4. The van der Waals surface area contributed by atoms with Gasteiger partial charge in [0.2, 0.25) is 5.91 Å². The molecule has 1 aliphatic carbocycles. The molecule has 0 aromatic heterocycles. The summed E-state index contributed by atoms with van der Waals surface area (Å²) in [5.41, 5.74) is -0.288. The SMILES string of the molecule is O=C(CN1C(=O)C(=O)N(C2CCCC2)C1=O)Nc1ccc(F)cc1F. The van der Waals surface area contributed by atoms with Gasteiger partial charge in [-0.1, -0.05) is 12.8 Å². The summed E-state index contributed by atoms with van der Waals surface area (Å²) in [6, 6.07) is 1.40. The summed E-state index contributed by atoms with van der Waals surface area (Å²) >= 11 is 0. The number of rotatable bonds is 4. The smallest absolute Gasteiger partial charge is 0.322 e. The van der Waals surface area contributed by atoms with Crippen molar-refractivity contribution in [2.24, 2.45) is 0 Å². The third kappa shape index (κ3) is 3.21. The molecule has 1 heterocycles. The van der Waals surface area contributed by atoms with Gasteiger partial charge in [0.25, 0.3) is 0 Å². The van der Waals surface area contributed by atoms with Crippen LogP contribution >= 0.6 is 0 Å². The summed E-state index contributed by atoms with van der Waals surface area (Å²) < 4.78 is 26.4. The number of imide groups is 2. The summed E-state index contributed by atoms with van der Waals surface area (Å²) in [4.78, 5) is 49.8. The number of nitrogens with zero attached hydrogens (tertiary/aromatic N) is 2. The second kappa shape index (κ2) is 6.58. The van der Waals surface area contributed by atoms with Crippen LogP contribution in [0.2, 0.25) is 0 Å². The fourth-order valence-electron chi connectivity index (χ4n) is 3.07. The van der Waals surface area contributed by atoms with Gasteiger partial charge in [-0.05, 0) is 25.0 Å². The maximum atomic E-state index is 13.5. The lowest BCUT2D eigenvalue weighted by Gasteiger charge is -2.20. The minimum Gasteiger partial charge on any atom is -0.322 e. The van der Waals surface area contributed by atoms with Crippen molar-refractivity contribution in [1.29, 1.82) is 0 Å². The number of anilines is 1. The molecule has 132 valence electrons. The topological polar surface area (TPSA) is 86.8 Å². The molecule has 0 spiro atoms. The van der Waals surface area contributed by atoms with Gasteiger partial charge in [0.05, 0.1) is 5.69 Å². The monoisotopic (exact) mass is 351 g/mol. The van der Waals surface area contributed by atoms with Gasteiger partial charge < -0.3 is 5.32 Å². The zero-order chi connectivity index (χ0) is 18.1. The Morgan fingerprint density at radius 1 is 1.12 bits per heavy atom. The fraction of sp³-hybridized carbons (Fsp3) is 0.375. The molecule has 2 fully saturated rings. The number of urea groups is 1. The predicted molar refractivity (Wildman–Crippen MR) is 81.2 cm³/mol. The van der Waals surface area contributed by atoms with E-state index in [1.807, 2.05) is 0 Å². The number of carbonyl (C=O) groups is 4. The van der Waals surface area contributed by atoms with E-state index >= 15 is 0 Å². The number of nitrogens with one attached hydrogen (secondary N) is 1. The molecule has 1 aliphatic heterocycles. The van der Waals surface area contributed by atoms with Crippen LogP contribution in [0.15, 0.2) is 18.2 Å². The lowest BCUT2D eigenvalue weighted by Crippen LogP contribution is -2.41. The predicted octanol–water partition coefficient (Wildman–Crippen LogP) is 1.64. The number of hydrogen-bond donors (Lipinski definition) is 1. The average Bonchev–Trinajstić information content (AvgIpc) is 3.14. The quantitative estimate of drug-likeness (QED) is 0.660. The van der Waals surface area contributed by atoms with Crippen molar-refractivity contribution < 1.29 is 28.0 Å². The molecule has 1 N–H and O–H groups in total. The van der Waals surface area contributed by atoms with Crippen LogP contribution in [0, 0.1) is 11.6 Å². The molecule has 0 unspecified atom stereocenters. The lowest BCUT2D eigenvalue weighted by molar-refractivity contribution is -0.144. The molecule has 1 saturated heterocycles. The molecule has 1 aromatic rings. The summed E-state index contributed by atoms with van der Waals surface area (Å²) in [7, 11) is 0. The van der Waals surface area contributed by atoms with E-state index in [9.17, 15) is 28.0 Å². The minimum absolute atomic E-state index is 0.288. The third-order valence-electron chi connectivity index (χ3n) is 4.28. The van der Waals surface area contributed by atoms with Gasteiger partial charge >= 0.3 is 17.8 Å². The van der Waals surface area contributed by atoms with E-state index in [0.29, 0.717) is 23.8 Å². The summed E-state index contributed by atoms with van der Waals surface area (Å²) in [5, 5.41) is 2.15. The molecule has 9 heteroatoms. The van der Waals surface area contributed by atoms with Crippen LogP contribution in [0.25, 0.3) is 0 Å². The van der Waals surface area contributed by atoms with Crippen molar-refractivity contribution >= 4 is 29.4 Å². The second-order valence-corrected chi connectivity index (χ2v) is 5.96. The van der Waals surface area contributed by atoms with Crippen LogP contribution in [-0.4, -0.2) is 46.1 Å². The van der Waals surface area contributed by atoms with Crippen LogP contribution in [0.5, 0.6) is 0 Å². The van der Waals surface area contributed by atoms with E-state index in [1.54, 1.807) is 0 Å². The third-order valence-corrected chi connectivity index (χ3v) is 4.28. The van der Waals surface area contributed by atoms with Crippen LogP contribution in [0.3, 0.4) is 0 Å². The molecule has 2 aliphatic rings. The van der Waals surface area contributed by atoms with Crippen LogP contribution in [-0.2, 0) is 14.4 Å². The Morgan fingerprint density at radius 3 is 2.44 bits per heavy atom. The molecule has 5 amide bonds. The van der Waals surface area contributed by atoms with E-state index in [2.05, 4.69) is 5.32 Å². The highest BCUT2D eigenvalue weighted by Crippen LogP contribution is 2.27. The van der Waals surface area contributed by atoms with Crippen LogP contribution < -0.4 is 5.32 Å². The molecule has 0 atom stereocenters. The second-order valence-electron chi connectivity index (χ2n) is 5.96. The van der Waals surface area contributed by atoms with Gasteiger partial charge in [0.1, 0.15) is 18.2 Å². The highest BCUT2D eigenvalue weighted by Gasteiger charge is 2.48. The molecule has 1 saturated carbocycles. The van der Waals surface area contributed by atoms with Crippen molar-refractivity contribution in [2.75, 3.05) is 11.9 Å². The van der Waals surface area contributed by atoms with Crippen molar-refractivity contribution in [3.05, 3.63) is 29.8 Å². The van der Waals surface area contributed by atoms with Crippen molar-refractivity contribution in [3.63, 3.8) is 0 Å². The molecule has 25 heavy (non-hydrogen) atoms. The van der Waals surface area contributed by atoms with Gasteiger partial charge in [0, 0.05) is 12.1 Å². The first kappa shape index (κ1) is 17.0. The van der Waals surface area contributed by atoms with Gasteiger partial charge in [-0.2, -0.15) is 0 Å². The molecule has 1 aromatic carbocycles. The first-order valence-electron chi connectivity index (χ1n) is 7.82. The summed E-state index contributed by atoms with van der Waals surface area (Å²) in [6.45, 7) is -0.719. The Hall–Kier alpha value is -2.84. The van der Waals surface area contributed by atoms with E-state index < -0.39 is 41.9 Å². The molecular weight excluding hydrogens is 336 g/mol. The highest BCUT2D eigenvalue weighted by atomic mass is 19.1. The van der Waals surface area contributed by atoms with Gasteiger partial charge in [-0.25, -0.2) is 18.5 Å². The van der Waals surface area contributed by atoms with Crippen LogP contribution in [0.1, 0.15) is 25.7 Å². The van der Waals surface area contributed by atoms with Gasteiger partial charge in [0.15, 0.2) is 0 Å². The van der Waals surface area contributed by atoms with Crippen molar-refractivity contribution in [3.8, 4) is 0 Å². The molecule has 0 radical (unpaired) electrons. The fourth-order valence-corrected chi connectivity index (χ4v) is 3.07. The Balaban J connectivity index is 1.69. The Bertz CT molecular complexity index is 762. The average molecular weight is 351 g/mol. The summed E-state index contributed by atoms with van der Waals surface area (Å²) in [6.07, 6.45) is 2.98. The summed E-state index contributed by atoms with van der Waals surface area (Å²) in [5.74, 6) is -4.69. The highest BCUT2D eigenvalue weighted by molar-refractivity contribution is 6.45. The van der Waals surface area contributed by atoms with E-state index in [-0.39, 0.29) is 11.7 Å². The largest absolute Gasteiger partial charge is 0.334 e. The number of hydrogen-bond acceptors (Lipinski definition) is 4. The Labute approximate surface area is 141 Å². The maximum Gasteiger partial charge on any atom is 0.334 e. The molecule has 3 rings (SSSR count). The maximum absolute atomic E-state index is 13.5. The first-order valence-corrected chi connectivity index (χ1v) is 7.82. The van der Waals surface area contributed by atoms with E-state index in [0.717, 1.165) is 29.9 Å². The van der Waals surface area contributed by atoms with Crippen LogP contribution in [0.4, 0.5) is 19.3 Å². The number of carbonyl (C=O) groups excluding carboxylic acids is 4. The number of amides is 5. The van der Waals surface area contributed by atoms with Crippen molar-refractivity contribution in [2.45, 2.75) is 31.7 Å². The number of benzene rings is 1. The number of halogens is 2. The molecule has 7 nitrogen and oxygen atoms in total. The Kier molecular flexibility index (Phi) is 4.47. The standard InChI is InChI=1S/C16H15F2N3O4/c17-9-5-6-12(11(18)7-9)19-13(22)8-20-14(23)15(24)21(16(20)25)10-3-1-2-4-10/h5-7,10H,1-4,8H2,(H,19,22). The molecular formula is C16H15F2N3O4. The Morgan fingerprint density at radius 2 is 1.80 bits per heavy atom. The van der Waals surface area contributed by atoms with E-state index in [1.165, 1.54) is 0 Å². The zero-order valence-corrected chi connectivity index (χ0v) is 13.1. The zero-order valence-electron chi connectivity index (χ0n) is 13.1. The van der Waals surface area contributed by atoms with Gasteiger partial charge in [-0.3, -0.25) is 19.3 Å². The van der Waals surface area contributed by atoms with Gasteiger partial charge in [-0.15, -0.1) is 0 Å². The van der Waals surface area contributed by atoms with E-state index in [4.69, 9.17) is 0 Å². The first-order chi connectivity index (χ1) is 11.9. The lowest BCUT2D eigenvalue weighted by atomic mass is 10.2.